The van der Waals surface area contributed by atoms with Gasteiger partial charge >= 0.3 is 0 Å². The minimum absolute atomic E-state index is 0.0416. The minimum atomic E-state index is -0.150. The van der Waals surface area contributed by atoms with Gasteiger partial charge in [-0.3, -0.25) is 9.59 Å². The minimum Gasteiger partial charge on any atom is -0.464 e. The molecule has 86 valence electrons. The van der Waals surface area contributed by atoms with Crippen molar-refractivity contribution in [2.45, 2.75) is 13.3 Å². The van der Waals surface area contributed by atoms with Gasteiger partial charge in [-0.15, -0.1) is 0 Å². The summed E-state index contributed by atoms with van der Waals surface area (Å²) in [5, 5.41) is 0. The summed E-state index contributed by atoms with van der Waals surface area (Å²) in [5.41, 5.74) is 1.46. The van der Waals surface area contributed by atoms with E-state index >= 15 is 0 Å². The van der Waals surface area contributed by atoms with E-state index in [0.717, 1.165) is 11.3 Å². The lowest BCUT2D eigenvalue weighted by molar-refractivity contribution is -0.116. The summed E-state index contributed by atoms with van der Waals surface area (Å²) in [7, 11) is 0. The van der Waals surface area contributed by atoms with Crippen molar-refractivity contribution in [3.8, 4) is 11.3 Å². The second-order valence-electron chi connectivity index (χ2n) is 3.86. The lowest BCUT2D eigenvalue weighted by atomic mass is 10.0. The maximum absolute atomic E-state index is 11.6. The van der Waals surface area contributed by atoms with E-state index in [1.165, 1.54) is 6.92 Å². The van der Waals surface area contributed by atoms with Crippen molar-refractivity contribution in [2.24, 2.45) is 0 Å². The maximum Gasteiger partial charge on any atom is 0.170 e. The van der Waals surface area contributed by atoms with Crippen LogP contribution in [0.4, 0.5) is 0 Å². The highest BCUT2D eigenvalue weighted by molar-refractivity contribution is 6.07. The Morgan fingerprint density at radius 1 is 1.12 bits per heavy atom. The van der Waals surface area contributed by atoms with Crippen LogP contribution < -0.4 is 0 Å². The standard InChI is InChI=1S/C14H12O3/c1-10(15)9-13(16)11-4-6-12(7-5-11)14-3-2-8-17-14/h2-8H,9H2,1H3. The van der Waals surface area contributed by atoms with Gasteiger partial charge in [-0.05, 0) is 19.1 Å². The third-order valence-corrected chi connectivity index (χ3v) is 2.42. The average molecular weight is 228 g/mol. The highest BCUT2D eigenvalue weighted by Crippen LogP contribution is 2.20. The molecule has 0 radical (unpaired) electrons. The molecule has 0 aliphatic heterocycles. The molecule has 1 heterocycles. The fourth-order valence-corrected chi connectivity index (χ4v) is 1.59. The van der Waals surface area contributed by atoms with Crippen LogP contribution in [-0.4, -0.2) is 11.6 Å². The van der Waals surface area contributed by atoms with E-state index in [1.54, 1.807) is 18.4 Å². The lowest BCUT2D eigenvalue weighted by Gasteiger charge is -2.00. The van der Waals surface area contributed by atoms with Crippen LogP contribution in [0.25, 0.3) is 11.3 Å². The third-order valence-electron chi connectivity index (χ3n) is 2.42. The fourth-order valence-electron chi connectivity index (χ4n) is 1.59. The first kappa shape index (κ1) is 11.3. The molecule has 0 N–H and O–H groups in total. The number of benzene rings is 1. The van der Waals surface area contributed by atoms with Crippen LogP contribution in [0.5, 0.6) is 0 Å². The summed E-state index contributed by atoms with van der Waals surface area (Å²) in [6.07, 6.45) is 1.56. The van der Waals surface area contributed by atoms with Gasteiger partial charge in [0.25, 0.3) is 0 Å². The molecule has 2 rings (SSSR count). The summed E-state index contributed by atoms with van der Waals surface area (Å²) >= 11 is 0. The molecule has 3 heteroatoms. The topological polar surface area (TPSA) is 47.3 Å². The first-order valence-electron chi connectivity index (χ1n) is 5.33. The molecular formula is C14H12O3. The Morgan fingerprint density at radius 2 is 1.82 bits per heavy atom. The van der Waals surface area contributed by atoms with Crippen molar-refractivity contribution in [3.05, 3.63) is 48.2 Å². The van der Waals surface area contributed by atoms with E-state index in [2.05, 4.69) is 0 Å². The first-order valence-corrected chi connectivity index (χ1v) is 5.33. The number of hydrogen-bond acceptors (Lipinski definition) is 3. The van der Waals surface area contributed by atoms with Gasteiger partial charge in [-0.25, -0.2) is 0 Å². The van der Waals surface area contributed by atoms with Gasteiger partial charge < -0.3 is 4.42 Å². The Morgan fingerprint density at radius 3 is 2.35 bits per heavy atom. The zero-order valence-electron chi connectivity index (χ0n) is 9.47. The van der Waals surface area contributed by atoms with E-state index in [9.17, 15) is 9.59 Å². The second-order valence-corrected chi connectivity index (χ2v) is 3.86. The molecule has 17 heavy (non-hydrogen) atoms. The molecule has 1 aromatic carbocycles. The number of carbonyl (C=O) groups is 2. The third kappa shape index (κ3) is 2.69. The Balaban J connectivity index is 2.19. The molecule has 0 bridgehead atoms. The fraction of sp³-hybridized carbons (Fsp3) is 0.143. The van der Waals surface area contributed by atoms with Crippen molar-refractivity contribution in [1.82, 2.24) is 0 Å². The van der Waals surface area contributed by atoms with Gasteiger partial charge in [-0.1, -0.05) is 24.3 Å². The van der Waals surface area contributed by atoms with E-state index in [-0.39, 0.29) is 18.0 Å². The summed E-state index contributed by atoms with van der Waals surface area (Å²) in [6.45, 7) is 1.41. The van der Waals surface area contributed by atoms with Crippen LogP contribution in [0.2, 0.25) is 0 Å². The Hall–Kier alpha value is -2.16. The van der Waals surface area contributed by atoms with Gasteiger partial charge in [0.05, 0.1) is 12.7 Å². The molecule has 0 aliphatic carbocycles. The van der Waals surface area contributed by atoms with Crippen molar-refractivity contribution in [3.63, 3.8) is 0 Å². The molecule has 0 atom stereocenters. The zero-order valence-corrected chi connectivity index (χ0v) is 9.47. The summed E-state index contributed by atoms with van der Waals surface area (Å²) < 4.78 is 5.25. The predicted molar refractivity (Wildman–Crippen MR) is 63.8 cm³/mol. The van der Waals surface area contributed by atoms with Crippen molar-refractivity contribution in [2.75, 3.05) is 0 Å². The Kier molecular flexibility index (Phi) is 3.19. The van der Waals surface area contributed by atoms with Crippen LogP contribution in [0, 0.1) is 0 Å². The molecule has 0 saturated heterocycles. The van der Waals surface area contributed by atoms with Gasteiger partial charge in [-0.2, -0.15) is 0 Å². The maximum atomic E-state index is 11.6. The summed E-state index contributed by atoms with van der Waals surface area (Å²) in [4.78, 5) is 22.5. The molecule has 0 aliphatic rings. The van der Waals surface area contributed by atoms with Crippen LogP contribution in [0.15, 0.2) is 47.1 Å². The van der Waals surface area contributed by atoms with Gasteiger partial charge in [0.2, 0.25) is 0 Å². The van der Waals surface area contributed by atoms with Gasteiger partial charge in [0.15, 0.2) is 5.78 Å². The van der Waals surface area contributed by atoms with Crippen LogP contribution in [0.3, 0.4) is 0 Å². The highest BCUT2D eigenvalue weighted by Gasteiger charge is 2.09. The number of hydrogen-bond donors (Lipinski definition) is 0. The second kappa shape index (κ2) is 4.78. The number of furan rings is 1. The van der Waals surface area contributed by atoms with Gasteiger partial charge in [0, 0.05) is 11.1 Å². The Bertz CT molecular complexity index is 521. The molecule has 0 spiro atoms. The molecule has 2 aromatic rings. The normalized spacial score (nSPS) is 10.2. The molecule has 0 saturated carbocycles. The summed E-state index contributed by atoms with van der Waals surface area (Å²) in [6, 6.07) is 10.7. The quantitative estimate of drug-likeness (QED) is 0.596. The average Bonchev–Trinajstić information content (AvgIpc) is 2.82. The molecule has 0 amide bonds. The molecular weight excluding hydrogens is 216 g/mol. The molecule has 0 unspecified atom stereocenters. The van der Waals surface area contributed by atoms with Gasteiger partial charge in [0.1, 0.15) is 11.5 Å². The Labute approximate surface area is 99.1 Å². The van der Waals surface area contributed by atoms with E-state index in [0.29, 0.717) is 5.56 Å². The molecule has 0 fully saturated rings. The molecule has 3 nitrogen and oxygen atoms in total. The smallest absolute Gasteiger partial charge is 0.170 e. The van der Waals surface area contributed by atoms with Crippen molar-refractivity contribution >= 4 is 11.6 Å². The molecule has 1 aromatic heterocycles. The van der Waals surface area contributed by atoms with E-state index in [4.69, 9.17) is 4.42 Å². The summed E-state index contributed by atoms with van der Waals surface area (Å²) in [5.74, 6) is 0.490. The van der Waals surface area contributed by atoms with Crippen molar-refractivity contribution in [1.29, 1.82) is 0 Å². The van der Waals surface area contributed by atoms with E-state index < -0.39 is 0 Å². The van der Waals surface area contributed by atoms with E-state index in [1.807, 2.05) is 24.3 Å². The predicted octanol–water partition coefficient (Wildman–Crippen LogP) is 3.11. The SMILES string of the molecule is CC(=O)CC(=O)c1ccc(-c2ccco2)cc1. The largest absolute Gasteiger partial charge is 0.464 e. The number of Topliss-reactive ketones (excluding diaryl/α,β-unsaturated/α-hetero) is 2. The highest BCUT2D eigenvalue weighted by atomic mass is 16.3. The lowest BCUT2D eigenvalue weighted by Crippen LogP contribution is -2.04. The zero-order chi connectivity index (χ0) is 12.3. The number of carbonyl (C=O) groups excluding carboxylic acids is 2. The van der Waals surface area contributed by atoms with Crippen molar-refractivity contribution < 1.29 is 14.0 Å². The number of ketones is 2. The number of rotatable bonds is 4. The van der Waals surface area contributed by atoms with Crippen LogP contribution in [0.1, 0.15) is 23.7 Å². The van der Waals surface area contributed by atoms with Crippen LogP contribution in [-0.2, 0) is 4.79 Å². The first-order chi connectivity index (χ1) is 8.16. The van der Waals surface area contributed by atoms with Crippen LogP contribution >= 0.6 is 0 Å². The monoisotopic (exact) mass is 228 g/mol.